The minimum absolute atomic E-state index is 0.00542. The van der Waals surface area contributed by atoms with Crippen molar-refractivity contribution in [3.63, 3.8) is 0 Å². The normalized spacial score (nSPS) is 20.3. The maximum Gasteiger partial charge on any atom is 0.261 e. The molecule has 0 spiro atoms. The molecule has 6 heteroatoms. The van der Waals surface area contributed by atoms with Crippen LogP contribution in [0, 0.1) is 11.8 Å². The fourth-order valence-corrected chi connectivity index (χ4v) is 10.6. The molecule has 0 bridgehead atoms. The Balaban J connectivity index is 1.49. The topological polar surface area (TPSA) is 46.2 Å². The number of benzene rings is 3. The first-order chi connectivity index (χ1) is 19.7. The fraction of sp³-hybridized carbons (Fsp3) is 0.429. The number of hydrogen-bond donors (Lipinski definition) is 0. The summed E-state index contributed by atoms with van der Waals surface area (Å²) >= 11 is 0. The summed E-state index contributed by atoms with van der Waals surface area (Å²) in [6, 6.07) is 27.6. The Morgan fingerprint density at radius 3 is 2.07 bits per heavy atom. The Morgan fingerprint density at radius 2 is 1.54 bits per heavy atom. The average molecular weight is 575 g/mol. The first-order valence-corrected chi connectivity index (χ1v) is 16.5. The smallest absolute Gasteiger partial charge is 0.261 e. The molecular formula is C35H46O5Si. The largest absolute Gasteiger partial charge is 0.493 e. The second-order valence-corrected chi connectivity index (χ2v) is 16.2. The lowest BCUT2D eigenvalue weighted by Gasteiger charge is -2.43. The van der Waals surface area contributed by atoms with Crippen LogP contribution in [0.25, 0.3) is 0 Å². The van der Waals surface area contributed by atoms with E-state index in [2.05, 4.69) is 94.9 Å². The van der Waals surface area contributed by atoms with Crippen molar-refractivity contribution in [2.75, 3.05) is 27.4 Å². The highest BCUT2D eigenvalue weighted by Crippen LogP contribution is 2.37. The van der Waals surface area contributed by atoms with Crippen LogP contribution in [0.2, 0.25) is 5.04 Å². The Morgan fingerprint density at radius 1 is 0.927 bits per heavy atom. The number of methoxy groups -OCH3 is 2. The maximum absolute atomic E-state index is 7.17. The Labute approximate surface area is 247 Å². The van der Waals surface area contributed by atoms with Gasteiger partial charge in [0.1, 0.15) is 0 Å². The first kappa shape index (κ1) is 31.0. The molecule has 1 aliphatic heterocycles. The van der Waals surface area contributed by atoms with Gasteiger partial charge in [-0.05, 0) is 45.4 Å². The molecule has 0 aromatic heterocycles. The van der Waals surface area contributed by atoms with Gasteiger partial charge in [-0.2, -0.15) is 0 Å². The van der Waals surface area contributed by atoms with Crippen molar-refractivity contribution in [3.8, 4) is 11.5 Å². The average Bonchev–Trinajstić information content (AvgIpc) is 2.99. The van der Waals surface area contributed by atoms with Gasteiger partial charge in [-0.15, -0.1) is 6.58 Å². The van der Waals surface area contributed by atoms with Crippen molar-refractivity contribution in [3.05, 3.63) is 97.1 Å². The predicted molar refractivity (Wildman–Crippen MR) is 169 cm³/mol. The monoisotopic (exact) mass is 574 g/mol. The molecule has 0 saturated carbocycles. The molecule has 220 valence electrons. The third-order valence-electron chi connectivity index (χ3n) is 8.23. The van der Waals surface area contributed by atoms with Gasteiger partial charge in [-0.25, -0.2) is 0 Å². The van der Waals surface area contributed by atoms with Gasteiger partial charge in [0.2, 0.25) is 0 Å². The number of hydrogen-bond acceptors (Lipinski definition) is 5. The fourth-order valence-electron chi connectivity index (χ4n) is 6.02. The van der Waals surface area contributed by atoms with Crippen LogP contribution >= 0.6 is 0 Å². The highest BCUT2D eigenvalue weighted by molar-refractivity contribution is 6.99. The van der Waals surface area contributed by atoms with E-state index in [1.807, 2.05) is 24.3 Å². The van der Waals surface area contributed by atoms with Crippen LogP contribution in [-0.4, -0.2) is 48.1 Å². The molecule has 0 aliphatic carbocycles. The maximum atomic E-state index is 7.17. The minimum atomic E-state index is -2.58. The van der Waals surface area contributed by atoms with E-state index in [-0.39, 0.29) is 29.3 Å². The molecule has 0 radical (unpaired) electrons. The van der Waals surface area contributed by atoms with Gasteiger partial charge in [-0.3, -0.25) is 0 Å². The molecule has 4 rings (SSSR count). The summed E-state index contributed by atoms with van der Waals surface area (Å²) in [5.74, 6) is 1.79. The third-order valence-corrected chi connectivity index (χ3v) is 13.3. The second kappa shape index (κ2) is 13.8. The SMILES string of the molecule is C=C[C@H]1CO[C@H](Cc2ccc(OC)c(OC)c2)O[C@H]1[C@H](C)CCO[Si](c1ccccc1)(c1ccccc1)C(C)(C)C. The zero-order valence-corrected chi connectivity index (χ0v) is 26.5. The second-order valence-electron chi connectivity index (χ2n) is 11.9. The van der Waals surface area contributed by atoms with E-state index in [0.717, 1.165) is 12.0 Å². The van der Waals surface area contributed by atoms with Gasteiger partial charge in [0.15, 0.2) is 17.8 Å². The van der Waals surface area contributed by atoms with E-state index < -0.39 is 8.32 Å². The van der Waals surface area contributed by atoms with E-state index in [9.17, 15) is 0 Å². The molecule has 3 aromatic carbocycles. The Hall–Kier alpha value is -2.90. The van der Waals surface area contributed by atoms with Crippen molar-refractivity contribution in [2.24, 2.45) is 11.8 Å². The predicted octanol–water partition coefficient (Wildman–Crippen LogP) is 6.39. The van der Waals surface area contributed by atoms with Gasteiger partial charge in [0, 0.05) is 18.9 Å². The van der Waals surface area contributed by atoms with E-state index >= 15 is 0 Å². The summed E-state index contributed by atoms with van der Waals surface area (Å²) in [7, 11) is 0.712. The molecule has 1 fully saturated rings. The molecule has 3 aromatic rings. The number of ether oxygens (including phenoxy) is 4. The van der Waals surface area contributed by atoms with E-state index in [1.165, 1.54) is 10.4 Å². The van der Waals surface area contributed by atoms with Crippen molar-refractivity contribution in [1.29, 1.82) is 0 Å². The van der Waals surface area contributed by atoms with Crippen molar-refractivity contribution >= 4 is 18.7 Å². The zero-order chi connectivity index (χ0) is 29.5. The molecule has 1 saturated heterocycles. The zero-order valence-electron chi connectivity index (χ0n) is 25.5. The van der Waals surface area contributed by atoms with Crippen LogP contribution in [0.5, 0.6) is 11.5 Å². The Bertz CT molecular complexity index is 1200. The van der Waals surface area contributed by atoms with Gasteiger partial charge >= 0.3 is 0 Å². The summed E-state index contributed by atoms with van der Waals surface area (Å²) in [4.78, 5) is 0. The van der Waals surface area contributed by atoms with Gasteiger partial charge in [-0.1, -0.05) is 101 Å². The molecule has 41 heavy (non-hydrogen) atoms. The van der Waals surface area contributed by atoms with E-state index in [0.29, 0.717) is 31.1 Å². The molecule has 0 unspecified atom stereocenters. The first-order valence-electron chi connectivity index (χ1n) is 14.6. The molecule has 0 amide bonds. The van der Waals surface area contributed by atoms with E-state index in [1.54, 1.807) is 14.2 Å². The summed E-state index contributed by atoms with van der Waals surface area (Å²) < 4.78 is 30.8. The van der Waals surface area contributed by atoms with Crippen molar-refractivity contribution in [1.82, 2.24) is 0 Å². The van der Waals surface area contributed by atoms with Gasteiger partial charge < -0.3 is 23.4 Å². The summed E-state index contributed by atoms with van der Waals surface area (Å²) in [6.07, 6.45) is 3.13. The van der Waals surface area contributed by atoms with Crippen LogP contribution in [0.15, 0.2) is 91.5 Å². The van der Waals surface area contributed by atoms with Crippen LogP contribution in [0.3, 0.4) is 0 Å². The molecule has 1 heterocycles. The lowest BCUT2D eigenvalue weighted by atomic mass is 9.89. The number of rotatable bonds is 12. The van der Waals surface area contributed by atoms with Crippen molar-refractivity contribution < 1.29 is 23.4 Å². The van der Waals surface area contributed by atoms with Crippen LogP contribution < -0.4 is 19.8 Å². The third kappa shape index (κ3) is 6.95. The molecule has 1 aliphatic rings. The summed E-state index contributed by atoms with van der Waals surface area (Å²) in [5.41, 5.74) is 1.08. The van der Waals surface area contributed by atoms with Gasteiger partial charge in [0.25, 0.3) is 8.32 Å². The van der Waals surface area contributed by atoms with E-state index in [4.69, 9.17) is 23.4 Å². The lowest BCUT2D eigenvalue weighted by Crippen LogP contribution is -2.66. The van der Waals surface area contributed by atoms with Crippen LogP contribution in [0.1, 0.15) is 39.7 Å². The Kier molecular flexibility index (Phi) is 10.5. The van der Waals surface area contributed by atoms with Crippen LogP contribution in [0.4, 0.5) is 0 Å². The minimum Gasteiger partial charge on any atom is -0.493 e. The standard InChI is InChI=1S/C35H46O5Si/c1-8-28-25-38-33(24-27-19-20-31(36-6)32(23-27)37-7)40-34(28)26(2)21-22-39-41(35(3,4)5,29-15-11-9-12-16-29)30-17-13-10-14-18-30/h8-20,23,26,28,33-34H,1,21-22,24-25H2,2-7H3/t26-,28+,33+,34+/m1/s1. The van der Waals surface area contributed by atoms with Gasteiger partial charge in [0.05, 0.1) is 26.9 Å². The molecule has 0 N–H and O–H groups in total. The summed E-state index contributed by atoms with van der Waals surface area (Å²) in [6.45, 7) is 14.5. The summed E-state index contributed by atoms with van der Waals surface area (Å²) in [5, 5.41) is 2.54. The highest BCUT2D eigenvalue weighted by atomic mass is 28.4. The molecule has 4 atom stereocenters. The quantitative estimate of drug-likeness (QED) is 0.185. The lowest BCUT2D eigenvalue weighted by molar-refractivity contribution is -0.239. The highest BCUT2D eigenvalue weighted by Gasteiger charge is 2.50. The molecule has 5 nitrogen and oxygen atoms in total. The van der Waals surface area contributed by atoms with Crippen molar-refractivity contribution in [2.45, 2.75) is 58.0 Å². The van der Waals surface area contributed by atoms with Crippen LogP contribution in [-0.2, 0) is 20.3 Å². The molecular weight excluding hydrogens is 528 g/mol.